The summed E-state index contributed by atoms with van der Waals surface area (Å²) in [6, 6.07) is 16.3. The van der Waals surface area contributed by atoms with E-state index in [1.807, 2.05) is 30.3 Å². The minimum Gasteiger partial charge on any atom is -0.375 e. The molecule has 1 atom stereocenters. The highest BCUT2D eigenvalue weighted by Gasteiger charge is 2.12. The van der Waals surface area contributed by atoms with Crippen LogP contribution in [0.5, 0.6) is 0 Å². The van der Waals surface area contributed by atoms with Crippen LogP contribution >= 0.6 is 0 Å². The molecule has 3 nitrogen and oxygen atoms in total. The van der Waals surface area contributed by atoms with Crippen LogP contribution in [0.25, 0.3) is 10.9 Å². The zero-order chi connectivity index (χ0) is 14.7. The van der Waals surface area contributed by atoms with E-state index in [0.717, 1.165) is 16.5 Å². The van der Waals surface area contributed by atoms with Crippen LogP contribution in [0.1, 0.15) is 11.6 Å². The lowest BCUT2D eigenvalue weighted by Crippen LogP contribution is -2.21. The highest BCUT2D eigenvalue weighted by Crippen LogP contribution is 2.23. The van der Waals surface area contributed by atoms with Gasteiger partial charge in [-0.25, -0.2) is 4.39 Å². The predicted octanol–water partition coefficient (Wildman–Crippen LogP) is 3.49. The minimum absolute atomic E-state index is 0.147. The van der Waals surface area contributed by atoms with Crippen molar-refractivity contribution in [2.24, 2.45) is 5.73 Å². The Morgan fingerprint density at radius 3 is 2.76 bits per heavy atom. The normalized spacial score (nSPS) is 12.3. The summed E-state index contributed by atoms with van der Waals surface area (Å²) in [7, 11) is 0. The lowest BCUT2D eigenvalue weighted by atomic mass is 10.0. The van der Waals surface area contributed by atoms with Gasteiger partial charge in [0.05, 0.1) is 17.2 Å². The predicted molar refractivity (Wildman–Crippen MR) is 83.6 cm³/mol. The van der Waals surface area contributed by atoms with Crippen molar-refractivity contribution in [3.8, 4) is 0 Å². The van der Waals surface area contributed by atoms with Gasteiger partial charge in [0.1, 0.15) is 5.82 Å². The number of aromatic nitrogens is 1. The van der Waals surface area contributed by atoms with Gasteiger partial charge in [0.2, 0.25) is 0 Å². The molecule has 0 saturated carbocycles. The molecule has 1 aromatic heterocycles. The highest BCUT2D eigenvalue weighted by molar-refractivity contribution is 5.79. The Hall–Kier alpha value is -2.46. The molecule has 2 aromatic carbocycles. The standard InChI is InChI=1S/C17H16FN3/c18-14-5-1-2-6-16(14)21-17(11-19)13-7-8-15-12(10-13)4-3-9-20-15/h1-10,17,21H,11,19H2. The lowest BCUT2D eigenvalue weighted by molar-refractivity contribution is 0.626. The zero-order valence-electron chi connectivity index (χ0n) is 11.5. The van der Waals surface area contributed by atoms with Gasteiger partial charge in [-0.15, -0.1) is 0 Å². The van der Waals surface area contributed by atoms with Crippen molar-refractivity contribution >= 4 is 16.6 Å². The van der Waals surface area contributed by atoms with Crippen molar-refractivity contribution in [2.45, 2.75) is 6.04 Å². The number of benzene rings is 2. The van der Waals surface area contributed by atoms with Gasteiger partial charge in [-0.1, -0.05) is 24.3 Å². The van der Waals surface area contributed by atoms with Crippen LogP contribution in [-0.2, 0) is 0 Å². The van der Waals surface area contributed by atoms with Gasteiger partial charge < -0.3 is 11.1 Å². The number of hydrogen-bond acceptors (Lipinski definition) is 3. The number of para-hydroxylation sites is 1. The molecule has 106 valence electrons. The second kappa shape index (κ2) is 5.89. The van der Waals surface area contributed by atoms with Crippen LogP contribution < -0.4 is 11.1 Å². The van der Waals surface area contributed by atoms with Crippen molar-refractivity contribution in [3.63, 3.8) is 0 Å². The molecule has 3 aromatic rings. The van der Waals surface area contributed by atoms with E-state index in [9.17, 15) is 4.39 Å². The lowest BCUT2D eigenvalue weighted by Gasteiger charge is -2.19. The maximum atomic E-state index is 13.7. The third kappa shape index (κ3) is 2.85. The second-order valence-electron chi connectivity index (χ2n) is 4.87. The molecule has 21 heavy (non-hydrogen) atoms. The third-order valence-corrected chi connectivity index (χ3v) is 3.47. The molecule has 0 fully saturated rings. The monoisotopic (exact) mass is 281 g/mol. The zero-order valence-corrected chi connectivity index (χ0v) is 11.5. The maximum absolute atomic E-state index is 13.7. The first-order chi connectivity index (χ1) is 10.3. The van der Waals surface area contributed by atoms with E-state index >= 15 is 0 Å². The van der Waals surface area contributed by atoms with Gasteiger partial charge in [0.25, 0.3) is 0 Å². The first-order valence-corrected chi connectivity index (χ1v) is 6.84. The quantitative estimate of drug-likeness (QED) is 0.769. The van der Waals surface area contributed by atoms with E-state index in [2.05, 4.69) is 10.3 Å². The van der Waals surface area contributed by atoms with E-state index < -0.39 is 0 Å². The van der Waals surface area contributed by atoms with Gasteiger partial charge >= 0.3 is 0 Å². The molecule has 3 N–H and O–H groups in total. The second-order valence-corrected chi connectivity index (χ2v) is 4.87. The summed E-state index contributed by atoms with van der Waals surface area (Å²) in [5, 5.41) is 4.20. The van der Waals surface area contributed by atoms with E-state index in [4.69, 9.17) is 5.73 Å². The fraction of sp³-hybridized carbons (Fsp3) is 0.118. The molecule has 1 heterocycles. The minimum atomic E-state index is -0.279. The van der Waals surface area contributed by atoms with Crippen molar-refractivity contribution < 1.29 is 4.39 Å². The summed E-state index contributed by atoms with van der Waals surface area (Å²) in [6.07, 6.45) is 1.76. The van der Waals surface area contributed by atoms with Crippen LogP contribution in [0.2, 0.25) is 0 Å². The van der Waals surface area contributed by atoms with Gasteiger partial charge in [-0.05, 0) is 35.9 Å². The Labute approximate surface area is 122 Å². The summed E-state index contributed by atoms with van der Waals surface area (Å²) in [5.41, 5.74) is 8.25. The Kier molecular flexibility index (Phi) is 3.79. The Balaban J connectivity index is 1.93. The molecule has 3 rings (SSSR count). The number of anilines is 1. The van der Waals surface area contributed by atoms with Crippen LogP contribution in [0.4, 0.5) is 10.1 Å². The Bertz CT molecular complexity index is 758. The highest BCUT2D eigenvalue weighted by atomic mass is 19.1. The van der Waals surface area contributed by atoms with Crippen LogP contribution in [-0.4, -0.2) is 11.5 Å². The van der Waals surface area contributed by atoms with Crippen molar-refractivity contribution in [3.05, 3.63) is 72.2 Å². The van der Waals surface area contributed by atoms with Crippen LogP contribution in [0.3, 0.4) is 0 Å². The summed E-state index contributed by atoms with van der Waals surface area (Å²) in [5.74, 6) is -0.279. The summed E-state index contributed by atoms with van der Waals surface area (Å²) >= 11 is 0. The van der Waals surface area contributed by atoms with Gasteiger partial charge in [0, 0.05) is 18.1 Å². The largest absolute Gasteiger partial charge is 0.375 e. The Morgan fingerprint density at radius 2 is 1.95 bits per heavy atom. The van der Waals surface area contributed by atoms with Crippen LogP contribution in [0, 0.1) is 5.82 Å². The number of hydrogen-bond donors (Lipinski definition) is 2. The smallest absolute Gasteiger partial charge is 0.146 e. The van der Waals surface area contributed by atoms with Crippen LogP contribution in [0.15, 0.2) is 60.8 Å². The average molecular weight is 281 g/mol. The number of nitrogens with one attached hydrogen (secondary N) is 1. The molecule has 4 heteroatoms. The summed E-state index contributed by atoms with van der Waals surface area (Å²) in [6.45, 7) is 0.375. The molecule has 1 unspecified atom stereocenters. The van der Waals surface area contributed by atoms with E-state index in [1.54, 1.807) is 24.4 Å². The number of nitrogens with two attached hydrogens (primary N) is 1. The first-order valence-electron chi connectivity index (χ1n) is 6.84. The number of fused-ring (bicyclic) bond motifs is 1. The molecule has 0 amide bonds. The first kappa shape index (κ1) is 13.5. The fourth-order valence-corrected chi connectivity index (χ4v) is 2.36. The number of halogens is 1. The van der Waals surface area contributed by atoms with E-state index in [1.165, 1.54) is 6.07 Å². The summed E-state index contributed by atoms with van der Waals surface area (Å²) < 4.78 is 13.7. The SMILES string of the molecule is NCC(Nc1ccccc1F)c1ccc2ncccc2c1. The average Bonchev–Trinajstić information content (AvgIpc) is 2.54. The van der Waals surface area contributed by atoms with Gasteiger partial charge in [-0.3, -0.25) is 4.98 Å². The fourth-order valence-electron chi connectivity index (χ4n) is 2.36. The molecule has 0 spiro atoms. The topological polar surface area (TPSA) is 50.9 Å². The molecule has 0 saturated heterocycles. The number of pyridine rings is 1. The molecular formula is C17H16FN3. The number of nitrogens with zero attached hydrogens (tertiary/aromatic N) is 1. The van der Waals surface area contributed by atoms with E-state index in [0.29, 0.717) is 12.2 Å². The number of rotatable bonds is 4. The molecule has 0 radical (unpaired) electrons. The molecule has 0 aliphatic heterocycles. The van der Waals surface area contributed by atoms with Crippen molar-refractivity contribution in [1.29, 1.82) is 0 Å². The Morgan fingerprint density at radius 1 is 1.10 bits per heavy atom. The van der Waals surface area contributed by atoms with Gasteiger partial charge in [-0.2, -0.15) is 0 Å². The van der Waals surface area contributed by atoms with E-state index in [-0.39, 0.29) is 11.9 Å². The molecular weight excluding hydrogens is 265 g/mol. The van der Waals surface area contributed by atoms with Crippen molar-refractivity contribution in [2.75, 3.05) is 11.9 Å². The maximum Gasteiger partial charge on any atom is 0.146 e. The summed E-state index contributed by atoms with van der Waals surface area (Å²) in [4.78, 5) is 4.29. The molecule has 0 aliphatic carbocycles. The molecule has 0 bridgehead atoms. The van der Waals surface area contributed by atoms with Crippen molar-refractivity contribution in [1.82, 2.24) is 4.98 Å². The third-order valence-electron chi connectivity index (χ3n) is 3.47. The molecule has 0 aliphatic rings. The van der Waals surface area contributed by atoms with Gasteiger partial charge in [0.15, 0.2) is 0 Å².